The van der Waals surface area contributed by atoms with Gasteiger partial charge in [-0.15, -0.1) is 0 Å². The van der Waals surface area contributed by atoms with E-state index in [0.717, 1.165) is 5.56 Å². The van der Waals surface area contributed by atoms with Crippen molar-refractivity contribution in [2.75, 3.05) is 6.54 Å². The number of fused-ring (bicyclic) bond motifs is 1. The largest absolute Gasteiger partial charge is 0.352 e. The molecule has 2 nitrogen and oxygen atoms in total. The van der Waals surface area contributed by atoms with Crippen LogP contribution in [0.4, 0.5) is 4.39 Å². The second kappa shape index (κ2) is 2.83. The van der Waals surface area contributed by atoms with Crippen molar-refractivity contribution >= 4 is 5.91 Å². The van der Waals surface area contributed by atoms with Crippen LogP contribution in [0.5, 0.6) is 0 Å². The number of halogens is 1. The van der Waals surface area contributed by atoms with E-state index >= 15 is 0 Å². The van der Waals surface area contributed by atoms with E-state index in [0.29, 0.717) is 24.1 Å². The molecule has 3 heteroatoms. The van der Waals surface area contributed by atoms with Crippen LogP contribution >= 0.6 is 0 Å². The summed E-state index contributed by atoms with van der Waals surface area (Å²) in [7, 11) is 0. The number of amides is 1. The molecule has 1 aliphatic rings. The Morgan fingerprint density at radius 1 is 1.46 bits per heavy atom. The van der Waals surface area contributed by atoms with Crippen molar-refractivity contribution in [1.82, 2.24) is 5.32 Å². The highest BCUT2D eigenvalue weighted by molar-refractivity contribution is 5.98. The average Bonchev–Trinajstić information content (AvgIpc) is 2.12. The van der Waals surface area contributed by atoms with Crippen molar-refractivity contribution in [3.63, 3.8) is 0 Å². The Kier molecular flexibility index (Phi) is 1.79. The summed E-state index contributed by atoms with van der Waals surface area (Å²) in [6.07, 6.45) is 0.592. The predicted molar refractivity (Wildman–Crippen MR) is 47.2 cm³/mol. The summed E-state index contributed by atoms with van der Waals surface area (Å²) in [5, 5.41) is 2.70. The van der Waals surface area contributed by atoms with Gasteiger partial charge < -0.3 is 5.32 Å². The van der Waals surface area contributed by atoms with Gasteiger partial charge in [0.15, 0.2) is 0 Å². The minimum Gasteiger partial charge on any atom is -0.352 e. The molecule has 13 heavy (non-hydrogen) atoms. The van der Waals surface area contributed by atoms with Crippen LogP contribution in [0.15, 0.2) is 12.1 Å². The molecule has 0 fully saturated rings. The van der Waals surface area contributed by atoms with Gasteiger partial charge in [-0.3, -0.25) is 4.79 Å². The number of hydrogen-bond donors (Lipinski definition) is 1. The van der Waals surface area contributed by atoms with Gasteiger partial charge >= 0.3 is 0 Å². The van der Waals surface area contributed by atoms with E-state index in [2.05, 4.69) is 5.32 Å². The third-order valence-corrected chi connectivity index (χ3v) is 2.35. The van der Waals surface area contributed by atoms with E-state index in [1.54, 1.807) is 6.07 Å². The Hall–Kier alpha value is -1.38. The summed E-state index contributed by atoms with van der Waals surface area (Å²) < 4.78 is 13.2. The van der Waals surface area contributed by atoms with Gasteiger partial charge in [0.25, 0.3) is 5.91 Å². The number of hydrogen-bond acceptors (Lipinski definition) is 1. The van der Waals surface area contributed by atoms with Crippen molar-refractivity contribution in [3.05, 3.63) is 34.6 Å². The van der Waals surface area contributed by atoms with E-state index < -0.39 is 0 Å². The van der Waals surface area contributed by atoms with Crippen molar-refractivity contribution in [2.45, 2.75) is 13.3 Å². The number of carbonyl (C=O) groups is 1. The minimum absolute atomic E-state index is 0.154. The standard InChI is InChI=1S/C10H10FNO/c1-6-2-3-8(11)7-4-5-12-10(13)9(6)7/h2-3H,4-5H2,1H3,(H,12,13). The van der Waals surface area contributed by atoms with E-state index in [-0.39, 0.29) is 11.7 Å². The molecule has 1 aromatic rings. The summed E-state index contributed by atoms with van der Waals surface area (Å²) in [5.41, 5.74) is 1.92. The van der Waals surface area contributed by atoms with Gasteiger partial charge in [-0.1, -0.05) is 6.07 Å². The molecule has 0 unspecified atom stereocenters. The molecule has 0 radical (unpaired) electrons. The number of benzene rings is 1. The lowest BCUT2D eigenvalue weighted by Crippen LogP contribution is -2.33. The zero-order chi connectivity index (χ0) is 9.42. The maximum absolute atomic E-state index is 13.2. The van der Waals surface area contributed by atoms with Crippen LogP contribution in [0.2, 0.25) is 0 Å². The third-order valence-electron chi connectivity index (χ3n) is 2.35. The van der Waals surface area contributed by atoms with E-state index in [4.69, 9.17) is 0 Å². The molecule has 68 valence electrons. The first-order valence-corrected chi connectivity index (χ1v) is 4.26. The van der Waals surface area contributed by atoms with Gasteiger partial charge in [-0.25, -0.2) is 4.39 Å². The van der Waals surface area contributed by atoms with Crippen molar-refractivity contribution < 1.29 is 9.18 Å². The molecule has 1 N–H and O–H groups in total. The fourth-order valence-electron chi connectivity index (χ4n) is 1.69. The quantitative estimate of drug-likeness (QED) is 0.641. The Morgan fingerprint density at radius 2 is 2.23 bits per heavy atom. The van der Waals surface area contributed by atoms with E-state index in [1.165, 1.54) is 6.07 Å². The molecule has 1 amide bonds. The molecule has 0 bridgehead atoms. The number of carbonyl (C=O) groups excluding carboxylic acids is 1. The van der Waals surface area contributed by atoms with Gasteiger partial charge in [0.1, 0.15) is 5.82 Å². The highest BCUT2D eigenvalue weighted by atomic mass is 19.1. The van der Waals surface area contributed by atoms with Gasteiger partial charge in [0.2, 0.25) is 0 Å². The molecule has 0 spiro atoms. The zero-order valence-electron chi connectivity index (χ0n) is 7.36. The topological polar surface area (TPSA) is 29.1 Å². The normalized spacial score (nSPS) is 15.1. The first-order chi connectivity index (χ1) is 6.20. The second-order valence-electron chi connectivity index (χ2n) is 3.22. The predicted octanol–water partition coefficient (Wildman–Crippen LogP) is 1.42. The van der Waals surface area contributed by atoms with Crippen molar-refractivity contribution in [2.24, 2.45) is 0 Å². The molecule has 0 atom stereocenters. The van der Waals surface area contributed by atoms with Gasteiger partial charge in [0.05, 0.1) is 0 Å². The smallest absolute Gasteiger partial charge is 0.251 e. The van der Waals surface area contributed by atoms with Crippen LogP contribution in [0.25, 0.3) is 0 Å². The van der Waals surface area contributed by atoms with Crippen molar-refractivity contribution in [3.8, 4) is 0 Å². The summed E-state index contributed by atoms with van der Waals surface area (Å²) in [5.74, 6) is -0.422. The lowest BCUT2D eigenvalue weighted by Gasteiger charge is -2.18. The molecule has 1 aliphatic heterocycles. The number of nitrogens with one attached hydrogen (secondary N) is 1. The Bertz CT molecular complexity index is 373. The van der Waals surface area contributed by atoms with Crippen LogP contribution < -0.4 is 5.32 Å². The van der Waals surface area contributed by atoms with Crippen LogP contribution in [0.3, 0.4) is 0 Å². The van der Waals surface area contributed by atoms with Crippen LogP contribution in [0.1, 0.15) is 21.5 Å². The van der Waals surface area contributed by atoms with Gasteiger partial charge in [-0.2, -0.15) is 0 Å². The first kappa shape index (κ1) is 8.23. The minimum atomic E-state index is -0.268. The molecule has 0 saturated carbocycles. The van der Waals surface area contributed by atoms with Gasteiger partial charge in [-0.05, 0) is 25.0 Å². The van der Waals surface area contributed by atoms with E-state index in [9.17, 15) is 9.18 Å². The molecule has 0 saturated heterocycles. The number of rotatable bonds is 0. The fourth-order valence-corrected chi connectivity index (χ4v) is 1.69. The SMILES string of the molecule is Cc1ccc(F)c2c1C(=O)NCC2. The molecule has 0 aromatic heterocycles. The average molecular weight is 179 g/mol. The van der Waals surface area contributed by atoms with Crippen LogP contribution in [-0.4, -0.2) is 12.5 Å². The highest BCUT2D eigenvalue weighted by Gasteiger charge is 2.21. The zero-order valence-corrected chi connectivity index (χ0v) is 7.36. The molecule has 0 aliphatic carbocycles. The number of aryl methyl sites for hydroxylation is 1. The first-order valence-electron chi connectivity index (χ1n) is 4.26. The van der Waals surface area contributed by atoms with Gasteiger partial charge in [0, 0.05) is 17.7 Å². The third kappa shape index (κ3) is 1.20. The fraction of sp³-hybridized carbons (Fsp3) is 0.300. The second-order valence-corrected chi connectivity index (χ2v) is 3.22. The van der Waals surface area contributed by atoms with Crippen molar-refractivity contribution in [1.29, 1.82) is 0 Å². The monoisotopic (exact) mass is 179 g/mol. The summed E-state index contributed by atoms with van der Waals surface area (Å²) in [4.78, 5) is 11.4. The Morgan fingerprint density at radius 3 is 2.92 bits per heavy atom. The Balaban J connectivity index is 2.67. The molecule has 1 aromatic carbocycles. The maximum Gasteiger partial charge on any atom is 0.251 e. The Labute approximate surface area is 75.8 Å². The molecular formula is C10H10FNO. The molecule has 1 heterocycles. The van der Waals surface area contributed by atoms with Crippen LogP contribution in [-0.2, 0) is 6.42 Å². The molecular weight excluding hydrogens is 169 g/mol. The summed E-state index contributed by atoms with van der Waals surface area (Å²) >= 11 is 0. The summed E-state index contributed by atoms with van der Waals surface area (Å²) in [6.45, 7) is 2.36. The lowest BCUT2D eigenvalue weighted by molar-refractivity contribution is 0.0944. The maximum atomic E-state index is 13.2. The highest BCUT2D eigenvalue weighted by Crippen LogP contribution is 2.20. The van der Waals surface area contributed by atoms with Crippen LogP contribution in [0, 0.1) is 12.7 Å². The van der Waals surface area contributed by atoms with E-state index in [1.807, 2.05) is 6.92 Å². The lowest BCUT2D eigenvalue weighted by atomic mass is 9.95. The molecule has 2 rings (SSSR count). The summed E-state index contributed by atoms with van der Waals surface area (Å²) in [6, 6.07) is 3.06.